The Morgan fingerprint density at radius 3 is 1.41 bits per heavy atom. The van der Waals surface area contributed by atoms with Crippen LogP contribution in [-0.2, 0) is 38.0 Å². The summed E-state index contributed by atoms with van der Waals surface area (Å²) in [7, 11) is 0. The maximum absolute atomic E-state index is 13.0. The number of allylic oxidation sites excluding steroid dienone is 4. The van der Waals surface area contributed by atoms with Crippen LogP contribution < -0.4 is 0 Å². The molecular weight excluding hydrogens is 877 g/mol. The molecule has 0 aromatic heterocycles. The van der Waals surface area contributed by atoms with Crippen molar-refractivity contribution in [2.75, 3.05) is 26.4 Å². The van der Waals surface area contributed by atoms with Crippen LogP contribution in [0.15, 0.2) is 24.3 Å². The lowest BCUT2D eigenvalue weighted by molar-refractivity contribution is -0.332. The summed E-state index contributed by atoms with van der Waals surface area (Å²) in [6.45, 7) is 2.57. The van der Waals surface area contributed by atoms with Crippen molar-refractivity contribution in [3.63, 3.8) is 0 Å². The van der Waals surface area contributed by atoms with E-state index in [-0.39, 0.29) is 19.4 Å². The van der Waals surface area contributed by atoms with Crippen molar-refractivity contribution in [1.82, 2.24) is 0 Å². The van der Waals surface area contributed by atoms with Gasteiger partial charge in [-0.2, -0.15) is 0 Å². The zero-order chi connectivity index (χ0) is 49.6. The molecule has 2 saturated heterocycles. The summed E-state index contributed by atoms with van der Waals surface area (Å²) in [4.78, 5) is 25.8. The van der Waals surface area contributed by atoms with E-state index in [4.69, 9.17) is 28.4 Å². The molecule has 2 aliphatic rings. The minimum Gasteiger partial charge on any atom is -0.462 e. The number of hydrogen-bond acceptors (Lipinski definition) is 15. The molecule has 0 aromatic carbocycles. The molecule has 0 spiro atoms. The fourth-order valence-electron chi connectivity index (χ4n) is 8.49. The Balaban J connectivity index is 1.81. The van der Waals surface area contributed by atoms with Crippen LogP contribution in [0.2, 0.25) is 0 Å². The first-order valence-corrected chi connectivity index (χ1v) is 26.9. The number of aliphatic hydroxyl groups excluding tert-OH is 7. The summed E-state index contributed by atoms with van der Waals surface area (Å²) in [6.07, 6.45) is 25.0. The van der Waals surface area contributed by atoms with Crippen LogP contribution >= 0.6 is 0 Å². The molecule has 0 bridgehead atoms. The van der Waals surface area contributed by atoms with Crippen molar-refractivity contribution in [2.24, 2.45) is 0 Å². The van der Waals surface area contributed by atoms with Crippen LogP contribution in [0.1, 0.15) is 206 Å². The maximum Gasteiger partial charge on any atom is 0.306 e. The molecule has 0 aromatic rings. The van der Waals surface area contributed by atoms with Gasteiger partial charge >= 0.3 is 11.9 Å². The molecule has 2 aliphatic heterocycles. The van der Waals surface area contributed by atoms with Gasteiger partial charge in [-0.3, -0.25) is 9.59 Å². The molecule has 0 amide bonds. The zero-order valence-electron chi connectivity index (χ0n) is 42.1. The van der Waals surface area contributed by atoms with Crippen LogP contribution in [0.25, 0.3) is 0 Å². The number of ether oxygens (including phenoxy) is 6. The van der Waals surface area contributed by atoms with Crippen LogP contribution in [0.5, 0.6) is 0 Å². The van der Waals surface area contributed by atoms with E-state index in [1.807, 2.05) is 6.08 Å². The molecule has 0 aliphatic carbocycles. The highest BCUT2D eigenvalue weighted by molar-refractivity contribution is 5.70. The number of rotatable bonds is 42. The Hall–Kier alpha value is -2.02. The molecule has 2 rings (SSSR count). The Morgan fingerprint density at radius 1 is 0.471 bits per heavy atom. The smallest absolute Gasteiger partial charge is 0.306 e. The topological polar surface area (TPSA) is 231 Å². The third-order valence-electron chi connectivity index (χ3n) is 12.9. The van der Waals surface area contributed by atoms with E-state index in [9.17, 15) is 45.3 Å². The Kier molecular flexibility index (Phi) is 37.0. The summed E-state index contributed by atoms with van der Waals surface area (Å²) < 4.78 is 33.6. The van der Waals surface area contributed by atoms with Crippen LogP contribution in [0.3, 0.4) is 0 Å². The SMILES string of the molecule is CCCCCCCCCCC/C=C/C/C=C/CCCC(=O)O[C@H](COC(=O)CCCCCCCCCCCCCCCCC)CO[C@H]1O[C@@H](CO[C@H]2O[C@@H](CO)[C@@H](O)C(O)C2O)[C@@H](O)C(O)C1O. The number of esters is 2. The average molecular weight is 973 g/mol. The van der Waals surface area contributed by atoms with Gasteiger partial charge in [-0.25, -0.2) is 0 Å². The Labute approximate surface area is 409 Å². The molecule has 398 valence electrons. The van der Waals surface area contributed by atoms with E-state index in [0.29, 0.717) is 19.3 Å². The first-order chi connectivity index (χ1) is 33.0. The van der Waals surface area contributed by atoms with Gasteiger partial charge in [0.1, 0.15) is 55.4 Å². The maximum atomic E-state index is 13.0. The van der Waals surface area contributed by atoms with Gasteiger partial charge in [0.25, 0.3) is 0 Å². The van der Waals surface area contributed by atoms with E-state index in [2.05, 4.69) is 32.1 Å². The third-order valence-corrected chi connectivity index (χ3v) is 12.9. The first kappa shape index (κ1) is 62.1. The molecule has 68 heavy (non-hydrogen) atoms. The number of hydrogen-bond donors (Lipinski definition) is 7. The number of unbranched alkanes of at least 4 members (excludes halogenated alkanes) is 24. The predicted octanol–water partition coefficient (Wildman–Crippen LogP) is 7.94. The standard InChI is InChI=1S/C53H96O15/c1-3-5-7-9-11-13-15-17-19-20-22-24-26-28-30-32-34-36-45(56)66-41(38-63-44(55)35-33-31-29-27-25-23-21-18-16-14-12-10-8-6-4-2)39-64-52-51(62)49(60)47(58)43(68-52)40-65-53-50(61)48(59)46(57)42(37-54)67-53/h22,24,28,30,41-43,46-54,57-62H,3-21,23,25-27,29,31-40H2,1-2H3/b24-22+,30-28+/t41-,42+,43+,46-,47-,48?,49?,50?,51?,52+,53+/m1/s1. The van der Waals surface area contributed by atoms with Crippen molar-refractivity contribution in [2.45, 2.75) is 274 Å². The molecule has 2 heterocycles. The van der Waals surface area contributed by atoms with Gasteiger partial charge in [0, 0.05) is 12.8 Å². The van der Waals surface area contributed by atoms with E-state index < -0.39 is 99.3 Å². The van der Waals surface area contributed by atoms with Gasteiger partial charge in [-0.15, -0.1) is 0 Å². The molecule has 15 nitrogen and oxygen atoms in total. The van der Waals surface area contributed by atoms with Crippen LogP contribution in [0.4, 0.5) is 0 Å². The van der Waals surface area contributed by atoms with Gasteiger partial charge in [0.05, 0.1) is 19.8 Å². The van der Waals surface area contributed by atoms with Crippen molar-refractivity contribution < 1.29 is 73.8 Å². The summed E-state index contributed by atoms with van der Waals surface area (Å²) in [5, 5.41) is 72.1. The largest absolute Gasteiger partial charge is 0.462 e. The molecule has 2 fully saturated rings. The lowest BCUT2D eigenvalue weighted by Gasteiger charge is -2.42. The second kappa shape index (κ2) is 40.6. The monoisotopic (exact) mass is 973 g/mol. The van der Waals surface area contributed by atoms with Crippen molar-refractivity contribution in [3.05, 3.63) is 24.3 Å². The number of aliphatic hydroxyl groups is 7. The van der Waals surface area contributed by atoms with Crippen molar-refractivity contribution >= 4 is 11.9 Å². The fraction of sp³-hybridized carbons (Fsp3) is 0.887. The summed E-state index contributed by atoms with van der Waals surface area (Å²) in [6, 6.07) is 0. The van der Waals surface area contributed by atoms with Crippen molar-refractivity contribution in [3.8, 4) is 0 Å². The average Bonchev–Trinajstić information content (AvgIpc) is 3.33. The quantitative estimate of drug-likeness (QED) is 0.0175. The van der Waals surface area contributed by atoms with E-state index in [0.717, 1.165) is 32.1 Å². The summed E-state index contributed by atoms with van der Waals surface area (Å²) >= 11 is 0. The first-order valence-electron chi connectivity index (χ1n) is 26.9. The minimum absolute atomic E-state index is 0.104. The van der Waals surface area contributed by atoms with Crippen LogP contribution in [-0.4, -0.2) is 142 Å². The summed E-state index contributed by atoms with van der Waals surface area (Å²) in [5.41, 5.74) is 0. The number of carbonyl (C=O) groups excluding carboxylic acids is 2. The lowest BCUT2D eigenvalue weighted by atomic mass is 9.98. The molecule has 0 saturated carbocycles. The molecule has 4 unspecified atom stereocenters. The molecule has 7 N–H and O–H groups in total. The normalized spacial score (nSPS) is 25.9. The summed E-state index contributed by atoms with van der Waals surface area (Å²) in [5.74, 6) is -0.969. The highest BCUT2D eigenvalue weighted by atomic mass is 16.7. The Morgan fingerprint density at radius 2 is 0.897 bits per heavy atom. The molecule has 15 heteroatoms. The van der Waals surface area contributed by atoms with Crippen molar-refractivity contribution in [1.29, 1.82) is 0 Å². The van der Waals surface area contributed by atoms with Gasteiger partial charge in [-0.1, -0.05) is 179 Å². The van der Waals surface area contributed by atoms with Gasteiger partial charge in [-0.05, 0) is 38.5 Å². The molecule has 0 radical (unpaired) electrons. The Bertz CT molecular complexity index is 1280. The lowest BCUT2D eigenvalue weighted by Crippen LogP contribution is -2.61. The van der Waals surface area contributed by atoms with E-state index in [1.54, 1.807) is 0 Å². The zero-order valence-corrected chi connectivity index (χ0v) is 42.1. The molecular formula is C53H96O15. The third kappa shape index (κ3) is 28.1. The van der Waals surface area contributed by atoms with Gasteiger partial charge < -0.3 is 64.2 Å². The fourth-order valence-corrected chi connectivity index (χ4v) is 8.49. The predicted molar refractivity (Wildman–Crippen MR) is 261 cm³/mol. The van der Waals surface area contributed by atoms with E-state index >= 15 is 0 Å². The second-order valence-corrected chi connectivity index (χ2v) is 19.1. The molecule has 11 atom stereocenters. The number of carbonyl (C=O) groups is 2. The highest BCUT2D eigenvalue weighted by Gasteiger charge is 2.47. The van der Waals surface area contributed by atoms with Gasteiger partial charge in [0.15, 0.2) is 18.7 Å². The van der Waals surface area contributed by atoms with Gasteiger partial charge in [0.2, 0.25) is 0 Å². The second-order valence-electron chi connectivity index (χ2n) is 19.1. The van der Waals surface area contributed by atoms with Crippen LogP contribution in [0, 0.1) is 0 Å². The highest BCUT2D eigenvalue weighted by Crippen LogP contribution is 2.26. The van der Waals surface area contributed by atoms with E-state index in [1.165, 1.54) is 128 Å². The minimum atomic E-state index is -1.77.